The highest BCUT2D eigenvalue weighted by atomic mass is 16.5. The van der Waals surface area contributed by atoms with Gasteiger partial charge in [0.2, 0.25) is 0 Å². The maximum absolute atomic E-state index is 13.3. The van der Waals surface area contributed by atoms with Crippen LogP contribution in [-0.4, -0.2) is 19.1 Å². The molecule has 1 amide bonds. The monoisotopic (exact) mass is 402 g/mol. The molecule has 0 aromatic heterocycles. The highest BCUT2D eigenvalue weighted by Gasteiger charge is 2.22. The molecule has 2 N–H and O–H groups in total. The number of amides is 1. The molecule has 0 fully saturated rings. The predicted octanol–water partition coefficient (Wildman–Crippen LogP) is 5.26. The van der Waals surface area contributed by atoms with Crippen LogP contribution < -0.4 is 20.1 Å². The quantitative estimate of drug-likeness (QED) is 0.611. The first kappa shape index (κ1) is 19.8. The van der Waals surface area contributed by atoms with E-state index in [2.05, 4.69) is 10.6 Å². The molecule has 0 unspecified atom stereocenters. The summed E-state index contributed by atoms with van der Waals surface area (Å²) in [5.41, 5.74) is 4.62. The van der Waals surface area contributed by atoms with E-state index in [0.717, 1.165) is 40.2 Å². The number of hydrogen-bond acceptors (Lipinski definition) is 4. The van der Waals surface area contributed by atoms with E-state index in [9.17, 15) is 4.79 Å². The van der Waals surface area contributed by atoms with Crippen LogP contribution in [0.25, 0.3) is 0 Å². The van der Waals surface area contributed by atoms with Crippen molar-refractivity contribution in [3.8, 4) is 11.5 Å². The Hall–Kier alpha value is -3.47. The van der Waals surface area contributed by atoms with Gasteiger partial charge in [-0.3, -0.25) is 4.79 Å². The topological polar surface area (TPSA) is 59.6 Å². The number of carbonyl (C=O) groups is 1. The average Bonchev–Trinajstić information content (AvgIpc) is 3.00. The lowest BCUT2D eigenvalue weighted by molar-refractivity contribution is -0.117. The van der Waals surface area contributed by atoms with Crippen molar-refractivity contribution in [2.45, 2.75) is 26.3 Å². The number of fused-ring (bicyclic) bond motifs is 1. The van der Waals surface area contributed by atoms with Crippen LogP contribution in [0.5, 0.6) is 11.5 Å². The molecule has 3 aromatic rings. The van der Waals surface area contributed by atoms with E-state index in [1.165, 1.54) is 0 Å². The summed E-state index contributed by atoms with van der Waals surface area (Å²) in [5.74, 6) is 1.30. The Morgan fingerprint density at radius 3 is 2.47 bits per heavy atom. The molecule has 0 saturated carbocycles. The predicted molar refractivity (Wildman–Crippen MR) is 119 cm³/mol. The maximum atomic E-state index is 13.3. The Morgan fingerprint density at radius 1 is 0.900 bits per heavy atom. The largest absolute Gasteiger partial charge is 0.490 e. The number of aryl methyl sites for hydroxylation is 2. The van der Waals surface area contributed by atoms with Gasteiger partial charge >= 0.3 is 0 Å². The van der Waals surface area contributed by atoms with E-state index in [1.807, 2.05) is 80.6 Å². The second-order valence-electron chi connectivity index (χ2n) is 7.51. The summed E-state index contributed by atoms with van der Waals surface area (Å²) in [6.45, 7) is 5.26. The first-order valence-electron chi connectivity index (χ1n) is 10.2. The summed E-state index contributed by atoms with van der Waals surface area (Å²) in [4.78, 5) is 13.3. The summed E-state index contributed by atoms with van der Waals surface area (Å²) in [6, 6.07) is 20.9. The molecule has 1 heterocycles. The lowest BCUT2D eigenvalue weighted by Gasteiger charge is -2.21. The molecule has 5 nitrogen and oxygen atoms in total. The van der Waals surface area contributed by atoms with Crippen LogP contribution in [0.3, 0.4) is 0 Å². The third-order valence-electron chi connectivity index (χ3n) is 5.10. The average molecular weight is 402 g/mol. The zero-order chi connectivity index (χ0) is 20.9. The lowest BCUT2D eigenvalue weighted by Crippen LogP contribution is -2.27. The molecule has 0 bridgehead atoms. The number of nitrogens with one attached hydrogen (secondary N) is 2. The van der Waals surface area contributed by atoms with E-state index in [1.54, 1.807) is 0 Å². The highest BCUT2D eigenvalue weighted by Crippen LogP contribution is 2.34. The van der Waals surface area contributed by atoms with Gasteiger partial charge in [0, 0.05) is 23.9 Å². The van der Waals surface area contributed by atoms with Crippen molar-refractivity contribution < 1.29 is 14.3 Å². The minimum atomic E-state index is -0.559. The Morgan fingerprint density at radius 2 is 1.67 bits per heavy atom. The molecule has 3 aromatic carbocycles. The van der Waals surface area contributed by atoms with E-state index >= 15 is 0 Å². The third-order valence-corrected chi connectivity index (χ3v) is 5.10. The minimum absolute atomic E-state index is 0.123. The van der Waals surface area contributed by atoms with Crippen molar-refractivity contribution in [2.75, 3.05) is 23.8 Å². The van der Waals surface area contributed by atoms with Gasteiger partial charge in [0.15, 0.2) is 11.5 Å². The van der Waals surface area contributed by atoms with Crippen molar-refractivity contribution >= 4 is 17.3 Å². The van der Waals surface area contributed by atoms with Crippen LogP contribution in [0.2, 0.25) is 0 Å². The van der Waals surface area contributed by atoms with Crippen LogP contribution in [0.1, 0.15) is 29.2 Å². The summed E-state index contributed by atoms with van der Waals surface area (Å²) >= 11 is 0. The second-order valence-corrected chi connectivity index (χ2v) is 7.51. The fraction of sp³-hybridized carbons (Fsp3) is 0.240. The Balaban J connectivity index is 1.61. The number of rotatable bonds is 5. The molecule has 30 heavy (non-hydrogen) atoms. The number of benzene rings is 3. The molecule has 1 aliphatic rings. The molecule has 0 radical (unpaired) electrons. The fourth-order valence-electron chi connectivity index (χ4n) is 3.44. The third kappa shape index (κ3) is 4.57. The van der Waals surface area contributed by atoms with Gasteiger partial charge in [-0.05, 0) is 48.7 Å². The Bertz CT molecular complexity index is 1030. The van der Waals surface area contributed by atoms with Gasteiger partial charge in [0.1, 0.15) is 6.04 Å². The fourth-order valence-corrected chi connectivity index (χ4v) is 3.44. The number of ether oxygens (including phenoxy) is 2. The number of hydrogen-bond donors (Lipinski definition) is 2. The van der Waals surface area contributed by atoms with E-state index < -0.39 is 6.04 Å². The molecule has 0 spiro atoms. The number of carbonyl (C=O) groups excluding carboxylic acids is 1. The van der Waals surface area contributed by atoms with Gasteiger partial charge in [-0.1, -0.05) is 42.5 Å². The van der Waals surface area contributed by atoms with Gasteiger partial charge in [-0.15, -0.1) is 0 Å². The van der Waals surface area contributed by atoms with Crippen molar-refractivity contribution in [3.63, 3.8) is 0 Å². The molecule has 1 aliphatic heterocycles. The van der Waals surface area contributed by atoms with Gasteiger partial charge in [-0.25, -0.2) is 0 Å². The van der Waals surface area contributed by atoms with Crippen molar-refractivity contribution in [3.05, 3.63) is 83.4 Å². The van der Waals surface area contributed by atoms with Crippen LogP contribution in [0.15, 0.2) is 66.7 Å². The van der Waals surface area contributed by atoms with Crippen LogP contribution >= 0.6 is 0 Å². The van der Waals surface area contributed by atoms with Crippen molar-refractivity contribution in [2.24, 2.45) is 0 Å². The van der Waals surface area contributed by atoms with Gasteiger partial charge < -0.3 is 20.1 Å². The maximum Gasteiger partial charge on any atom is 0.251 e. The van der Waals surface area contributed by atoms with E-state index in [4.69, 9.17) is 9.47 Å². The summed E-state index contributed by atoms with van der Waals surface area (Å²) in [6.07, 6.45) is 0.850. The standard InChI is InChI=1S/C25H26N2O3/c1-17-9-10-18(2)21(15-17)27-25(28)24(19-7-4-3-5-8-19)26-20-11-12-22-23(16-20)30-14-6-13-29-22/h3-5,7-12,15-16,24,26H,6,13-14H2,1-2H3,(H,27,28)/t24-/m0/s1. The lowest BCUT2D eigenvalue weighted by atomic mass is 10.0. The highest BCUT2D eigenvalue weighted by molar-refractivity contribution is 5.98. The van der Waals surface area contributed by atoms with E-state index in [-0.39, 0.29) is 5.91 Å². The van der Waals surface area contributed by atoms with Crippen LogP contribution in [-0.2, 0) is 4.79 Å². The zero-order valence-corrected chi connectivity index (χ0v) is 17.3. The first-order chi connectivity index (χ1) is 14.6. The van der Waals surface area contributed by atoms with Crippen LogP contribution in [0.4, 0.5) is 11.4 Å². The normalized spacial score (nSPS) is 13.8. The molecule has 0 saturated heterocycles. The molecule has 4 rings (SSSR count). The summed E-state index contributed by atoms with van der Waals surface area (Å²) in [7, 11) is 0. The summed E-state index contributed by atoms with van der Waals surface area (Å²) < 4.78 is 11.5. The molecule has 0 aliphatic carbocycles. The Labute approximate surface area is 177 Å². The zero-order valence-electron chi connectivity index (χ0n) is 17.3. The molecular formula is C25H26N2O3. The second kappa shape index (κ2) is 8.91. The number of anilines is 2. The molecular weight excluding hydrogens is 376 g/mol. The SMILES string of the molecule is Cc1ccc(C)c(NC(=O)[C@@H](Nc2ccc3c(c2)OCCCO3)c2ccccc2)c1. The van der Waals surface area contributed by atoms with Crippen LogP contribution in [0, 0.1) is 13.8 Å². The molecule has 5 heteroatoms. The van der Waals surface area contributed by atoms with Gasteiger partial charge in [0.25, 0.3) is 5.91 Å². The van der Waals surface area contributed by atoms with E-state index in [0.29, 0.717) is 19.0 Å². The molecule has 1 atom stereocenters. The Kier molecular flexibility index (Phi) is 5.89. The molecule has 154 valence electrons. The minimum Gasteiger partial charge on any atom is -0.490 e. The van der Waals surface area contributed by atoms with Gasteiger partial charge in [-0.2, -0.15) is 0 Å². The van der Waals surface area contributed by atoms with Crippen molar-refractivity contribution in [1.82, 2.24) is 0 Å². The first-order valence-corrected chi connectivity index (χ1v) is 10.2. The van der Waals surface area contributed by atoms with Gasteiger partial charge in [0.05, 0.1) is 13.2 Å². The smallest absolute Gasteiger partial charge is 0.251 e. The summed E-state index contributed by atoms with van der Waals surface area (Å²) in [5, 5.41) is 6.46. The van der Waals surface area contributed by atoms with Crippen molar-refractivity contribution in [1.29, 1.82) is 0 Å².